The number of nitrogens with one attached hydrogen (secondary N) is 1. The van der Waals surface area contributed by atoms with E-state index in [2.05, 4.69) is 17.2 Å². The maximum Gasteiger partial charge on any atom is 0.279 e. The number of aromatic nitrogens is 2. The number of fused-ring (bicyclic) bond motifs is 1. The molecule has 1 amide bonds. The van der Waals surface area contributed by atoms with Crippen molar-refractivity contribution >= 4 is 23.5 Å². The average Bonchev–Trinajstić information content (AvgIpc) is 2.62. The van der Waals surface area contributed by atoms with Gasteiger partial charge < -0.3 is 14.6 Å². The zero-order chi connectivity index (χ0) is 18.0. The summed E-state index contributed by atoms with van der Waals surface area (Å²) in [6.07, 6.45) is 1.20. The van der Waals surface area contributed by atoms with Crippen LogP contribution in [0.15, 0.2) is 34.2 Å². The van der Waals surface area contributed by atoms with Crippen molar-refractivity contribution in [1.82, 2.24) is 9.55 Å². The number of thioether (sulfide) groups is 1. The summed E-state index contributed by atoms with van der Waals surface area (Å²) in [5.41, 5.74) is 1.14. The fraction of sp³-hybridized carbons (Fsp3) is 0.389. The van der Waals surface area contributed by atoms with Gasteiger partial charge in [0, 0.05) is 25.1 Å². The average molecular weight is 359 g/mol. The van der Waals surface area contributed by atoms with Crippen LogP contribution in [0, 0.1) is 0 Å². The Kier molecular flexibility index (Phi) is 5.13. The molecule has 132 valence electrons. The second-order valence-electron chi connectivity index (χ2n) is 5.95. The van der Waals surface area contributed by atoms with Crippen LogP contribution in [-0.2, 0) is 11.8 Å². The van der Waals surface area contributed by atoms with Crippen LogP contribution in [0.5, 0.6) is 5.75 Å². The molecule has 6 nitrogen and oxygen atoms in total. The molecule has 1 aliphatic rings. The fourth-order valence-corrected chi connectivity index (χ4v) is 3.82. The summed E-state index contributed by atoms with van der Waals surface area (Å²) in [6, 6.07) is 7.48. The van der Waals surface area contributed by atoms with E-state index in [-0.39, 0.29) is 23.8 Å². The van der Waals surface area contributed by atoms with Crippen LogP contribution >= 0.6 is 11.8 Å². The number of amides is 1. The number of anilines is 1. The number of benzene rings is 1. The standard InChI is InChI=1S/C18H21N3O3S/c1-4-8-25-18-20-17(23)15-13(10-14(22)19-16(15)21(18)2)11-6-5-7-12(9-11)24-3/h5-7,9,13H,4,8,10H2,1-3H3,(H,19,22)/t13-/m0/s1. The van der Waals surface area contributed by atoms with E-state index in [0.717, 1.165) is 17.7 Å². The SMILES string of the molecule is CCCSc1nc(=O)c2c(n1C)NC(=O)C[C@H]2c1cccc(OC)c1. The van der Waals surface area contributed by atoms with Crippen molar-refractivity contribution in [3.8, 4) is 5.75 Å². The Hall–Kier alpha value is -2.28. The summed E-state index contributed by atoms with van der Waals surface area (Å²) in [4.78, 5) is 29.2. The van der Waals surface area contributed by atoms with E-state index in [1.165, 1.54) is 11.8 Å². The quantitative estimate of drug-likeness (QED) is 0.656. The number of rotatable bonds is 5. The van der Waals surface area contributed by atoms with E-state index >= 15 is 0 Å². The third-order valence-electron chi connectivity index (χ3n) is 4.23. The smallest absolute Gasteiger partial charge is 0.279 e. The second-order valence-corrected chi connectivity index (χ2v) is 7.01. The summed E-state index contributed by atoms with van der Waals surface area (Å²) in [5, 5.41) is 3.48. The Morgan fingerprint density at radius 1 is 1.40 bits per heavy atom. The molecule has 1 N–H and O–H groups in total. The lowest BCUT2D eigenvalue weighted by molar-refractivity contribution is -0.116. The van der Waals surface area contributed by atoms with Gasteiger partial charge in [-0.15, -0.1) is 0 Å². The largest absolute Gasteiger partial charge is 0.497 e. The molecule has 1 atom stereocenters. The number of carbonyl (C=O) groups excluding carboxylic acids is 1. The van der Waals surface area contributed by atoms with E-state index in [1.807, 2.05) is 31.3 Å². The van der Waals surface area contributed by atoms with Crippen LogP contribution in [0.25, 0.3) is 0 Å². The monoisotopic (exact) mass is 359 g/mol. The normalized spacial score (nSPS) is 16.3. The molecule has 0 spiro atoms. The molecule has 2 heterocycles. The Balaban J connectivity index is 2.13. The van der Waals surface area contributed by atoms with Gasteiger partial charge in [0.05, 0.1) is 12.7 Å². The lowest BCUT2D eigenvalue weighted by Crippen LogP contribution is -2.33. The molecule has 25 heavy (non-hydrogen) atoms. The lowest BCUT2D eigenvalue weighted by atomic mass is 9.86. The van der Waals surface area contributed by atoms with Crippen LogP contribution in [0.3, 0.4) is 0 Å². The van der Waals surface area contributed by atoms with Gasteiger partial charge in [-0.25, -0.2) is 0 Å². The Labute approximate surface area is 150 Å². The van der Waals surface area contributed by atoms with Crippen LogP contribution in [0.2, 0.25) is 0 Å². The van der Waals surface area contributed by atoms with Crippen molar-refractivity contribution in [2.24, 2.45) is 7.05 Å². The van der Waals surface area contributed by atoms with Crippen molar-refractivity contribution in [2.75, 3.05) is 18.2 Å². The molecule has 0 radical (unpaired) electrons. The van der Waals surface area contributed by atoms with Crippen molar-refractivity contribution in [3.05, 3.63) is 45.7 Å². The number of methoxy groups -OCH3 is 1. The molecule has 1 aromatic heterocycles. The van der Waals surface area contributed by atoms with E-state index in [9.17, 15) is 9.59 Å². The minimum absolute atomic E-state index is 0.104. The number of carbonyl (C=O) groups is 1. The summed E-state index contributed by atoms with van der Waals surface area (Å²) in [5.74, 6) is 1.68. The molecular formula is C18H21N3O3S. The van der Waals surface area contributed by atoms with Crippen LogP contribution in [0.4, 0.5) is 5.82 Å². The van der Waals surface area contributed by atoms with Crippen molar-refractivity contribution in [1.29, 1.82) is 0 Å². The Bertz CT molecular complexity index is 863. The van der Waals surface area contributed by atoms with Crippen molar-refractivity contribution < 1.29 is 9.53 Å². The first-order valence-corrected chi connectivity index (χ1v) is 9.21. The Morgan fingerprint density at radius 3 is 2.92 bits per heavy atom. The van der Waals surface area contributed by atoms with Gasteiger partial charge in [-0.1, -0.05) is 30.8 Å². The zero-order valence-electron chi connectivity index (χ0n) is 14.5. The van der Waals surface area contributed by atoms with Gasteiger partial charge in [-0.3, -0.25) is 9.59 Å². The zero-order valence-corrected chi connectivity index (χ0v) is 15.4. The molecule has 0 aliphatic carbocycles. The maximum absolute atomic E-state index is 12.7. The molecular weight excluding hydrogens is 338 g/mol. The highest BCUT2D eigenvalue weighted by atomic mass is 32.2. The fourth-order valence-electron chi connectivity index (χ4n) is 3.00. The molecule has 2 aromatic rings. The third-order valence-corrected chi connectivity index (χ3v) is 5.47. The first kappa shape index (κ1) is 17.5. The minimum atomic E-state index is -0.324. The van der Waals surface area contributed by atoms with Gasteiger partial charge in [0.15, 0.2) is 5.16 Å². The second kappa shape index (κ2) is 7.31. The molecule has 1 aromatic carbocycles. The molecule has 3 rings (SSSR count). The van der Waals surface area contributed by atoms with Gasteiger partial charge in [0.1, 0.15) is 11.6 Å². The molecule has 0 saturated heterocycles. The summed E-state index contributed by atoms with van der Waals surface area (Å²) in [7, 11) is 3.43. The highest BCUT2D eigenvalue weighted by Crippen LogP contribution is 2.36. The summed E-state index contributed by atoms with van der Waals surface area (Å²) < 4.78 is 7.08. The third kappa shape index (κ3) is 3.42. The van der Waals surface area contributed by atoms with Crippen LogP contribution in [-0.4, -0.2) is 28.3 Å². The van der Waals surface area contributed by atoms with Gasteiger partial charge in [0.2, 0.25) is 5.91 Å². The van der Waals surface area contributed by atoms with Crippen molar-refractivity contribution in [3.63, 3.8) is 0 Å². The van der Waals surface area contributed by atoms with Gasteiger partial charge >= 0.3 is 0 Å². The molecule has 1 aliphatic heterocycles. The van der Waals surface area contributed by atoms with E-state index < -0.39 is 0 Å². The van der Waals surface area contributed by atoms with E-state index in [0.29, 0.717) is 22.3 Å². The summed E-state index contributed by atoms with van der Waals surface area (Å²) in [6.45, 7) is 2.07. The lowest BCUT2D eigenvalue weighted by Gasteiger charge is -2.27. The first-order valence-electron chi connectivity index (χ1n) is 8.22. The summed E-state index contributed by atoms with van der Waals surface area (Å²) >= 11 is 1.52. The predicted octanol–water partition coefficient (Wildman–Crippen LogP) is 2.77. The Morgan fingerprint density at radius 2 is 2.20 bits per heavy atom. The minimum Gasteiger partial charge on any atom is -0.497 e. The molecule has 0 unspecified atom stereocenters. The number of hydrogen-bond acceptors (Lipinski definition) is 5. The highest BCUT2D eigenvalue weighted by Gasteiger charge is 2.32. The highest BCUT2D eigenvalue weighted by molar-refractivity contribution is 7.99. The van der Waals surface area contributed by atoms with Crippen molar-refractivity contribution in [2.45, 2.75) is 30.8 Å². The maximum atomic E-state index is 12.7. The van der Waals surface area contributed by atoms with E-state index in [1.54, 1.807) is 11.7 Å². The van der Waals surface area contributed by atoms with Crippen LogP contribution in [0.1, 0.15) is 36.8 Å². The number of hydrogen-bond donors (Lipinski definition) is 1. The van der Waals surface area contributed by atoms with Gasteiger partial charge in [-0.2, -0.15) is 4.98 Å². The van der Waals surface area contributed by atoms with Gasteiger partial charge in [-0.05, 0) is 24.1 Å². The number of ether oxygens (including phenoxy) is 1. The predicted molar refractivity (Wildman–Crippen MR) is 98.6 cm³/mol. The van der Waals surface area contributed by atoms with E-state index in [4.69, 9.17) is 4.74 Å². The number of nitrogens with zero attached hydrogens (tertiary/aromatic N) is 2. The van der Waals surface area contributed by atoms with Crippen LogP contribution < -0.4 is 15.6 Å². The molecule has 0 fully saturated rings. The molecule has 7 heteroatoms. The van der Waals surface area contributed by atoms with Gasteiger partial charge in [0.25, 0.3) is 5.56 Å². The topological polar surface area (TPSA) is 73.2 Å². The first-order chi connectivity index (χ1) is 12.0. The molecule has 0 saturated carbocycles. The molecule has 0 bridgehead atoms.